The number of nitrogens with one attached hydrogen (secondary N) is 3. The number of aromatic amines is 1. The van der Waals surface area contributed by atoms with Gasteiger partial charge in [-0.05, 0) is 37.3 Å². The second kappa shape index (κ2) is 7.83. The third kappa shape index (κ3) is 4.48. The van der Waals surface area contributed by atoms with E-state index in [1.807, 2.05) is 5.32 Å². The van der Waals surface area contributed by atoms with Crippen molar-refractivity contribution in [2.45, 2.75) is 18.8 Å². The van der Waals surface area contributed by atoms with E-state index in [4.69, 9.17) is 11.6 Å². The van der Waals surface area contributed by atoms with Gasteiger partial charge in [0.05, 0.1) is 12.8 Å². The van der Waals surface area contributed by atoms with E-state index in [1.165, 1.54) is 36.4 Å². The predicted octanol–water partition coefficient (Wildman–Crippen LogP) is 2.74. The average Bonchev–Trinajstić information content (AvgIpc) is 2.60. The molecule has 0 spiro atoms. The number of aryl methyl sites for hydroxylation is 1. The summed E-state index contributed by atoms with van der Waals surface area (Å²) in [6.07, 6.45) is -5.22. The molecule has 0 aliphatic carbocycles. The molecule has 3 N–H and O–H groups in total. The van der Waals surface area contributed by atoms with Crippen molar-refractivity contribution in [3.05, 3.63) is 58.7 Å². The number of pyridine rings is 1. The number of esters is 1. The minimum absolute atomic E-state index is 0.119. The molecule has 27 heavy (non-hydrogen) atoms. The molecule has 6 nitrogen and oxygen atoms in total. The highest BCUT2D eigenvalue weighted by atomic mass is 35.5. The Kier molecular flexibility index (Phi) is 5.94. The Labute approximate surface area is 157 Å². The molecule has 0 saturated heterocycles. The van der Waals surface area contributed by atoms with Crippen LogP contribution >= 0.6 is 11.6 Å². The first-order valence-electron chi connectivity index (χ1n) is 7.59. The zero-order chi connectivity index (χ0) is 20.2. The lowest BCUT2D eigenvalue weighted by Crippen LogP contribution is -2.69. The third-order valence-electron chi connectivity index (χ3n) is 3.59. The molecule has 2 aromatic rings. The quantitative estimate of drug-likeness (QED) is 0.595. The van der Waals surface area contributed by atoms with Crippen LogP contribution in [0.15, 0.2) is 42.5 Å². The van der Waals surface area contributed by atoms with Gasteiger partial charge in [0, 0.05) is 16.7 Å². The fourth-order valence-electron chi connectivity index (χ4n) is 2.25. The summed E-state index contributed by atoms with van der Waals surface area (Å²) in [6.45, 7) is 1.62. The van der Waals surface area contributed by atoms with Gasteiger partial charge >= 0.3 is 17.8 Å². The van der Waals surface area contributed by atoms with Gasteiger partial charge < -0.3 is 4.74 Å². The number of ether oxygens (including phenoxy) is 1. The maximum Gasteiger partial charge on any atom is 0.464 e. The van der Waals surface area contributed by atoms with Crippen molar-refractivity contribution >= 4 is 29.3 Å². The van der Waals surface area contributed by atoms with E-state index in [0.717, 1.165) is 7.11 Å². The molecule has 1 atom stereocenters. The van der Waals surface area contributed by atoms with Crippen molar-refractivity contribution in [2.75, 3.05) is 12.4 Å². The molecular weight excluding hydrogens is 387 g/mol. The molecule has 144 valence electrons. The molecule has 1 heterocycles. The molecule has 0 bridgehead atoms. The van der Waals surface area contributed by atoms with Crippen molar-refractivity contribution < 1.29 is 32.5 Å². The van der Waals surface area contributed by atoms with E-state index in [-0.39, 0.29) is 11.4 Å². The predicted molar refractivity (Wildman–Crippen MR) is 91.1 cm³/mol. The Balaban J connectivity index is 2.48. The molecule has 2 rings (SSSR count). The summed E-state index contributed by atoms with van der Waals surface area (Å²) in [6, 6.07) is 9.52. The summed E-state index contributed by atoms with van der Waals surface area (Å²) in [5.74, 6) is -3.02. The molecular formula is C17H16ClF3N3O3+. The summed E-state index contributed by atoms with van der Waals surface area (Å²) in [5.41, 5.74) is -3.10. The Morgan fingerprint density at radius 1 is 1.11 bits per heavy atom. The molecule has 0 aliphatic rings. The lowest BCUT2D eigenvalue weighted by Gasteiger charge is -2.30. The van der Waals surface area contributed by atoms with Crippen molar-refractivity contribution in [3.63, 3.8) is 0 Å². The van der Waals surface area contributed by atoms with E-state index in [2.05, 4.69) is 9.72 Å². The number of benzene rings is 1. The van der Waals surface area contributed by atoms with E-state index in [1.54, 1.807) is 18.3 Å². The molecule has 0 fully saturated rings. The molecule has 0 radical (unpaired) electrons. The number of carbonyl (C=O) groups is 2. The zero-order valence-electron chi connectivity index (χ0n) is 14.3. The molecule has 1 amide bonds. The number of aromatic nitrogens is 1. The van der Waals surface area contributed by atoms with Gasteiger partial charge in [-0.25, -0.2) is 15.1 Å². The Bertz CT molecular complexity index is 843. The van der Waals surface area contributed by atoms with Crippen molar-refractivity contribution in [1.82, 2.24) is 5.32 Å². The van der Waals surface area contributed by atoms with Gasteiger partial charge in [0.15, 0.2) is 0 Å². The average molecular weight is 403 g/mol. The lowest BCUT2D eigenvalue weighted by atomic mass is 10.1. The second-order valence-corrected chi connectivity index (χ2v) is 6.01. The minimum atomic E-state index is -5.22. The maximum atomic E-state index is 13.9. The van der Waals surface area contributed by atoms with Crippen LogP contribution in [0.4, 0.5) is 19.0 Å². The number of amides is 1. The fourth-order valence-corrected chi connectivity index (χ4v) is 2.37. The first kappa shape index (κ1) is 20.5. The number of rotatable bonds is 5. The minimum Gasteiger partial charge on any atom is -0.464 e. The number of anilines is 1. The number of hydrogen-bond donors (Lipinski definition) is 2. The number of alkyl halides is 3. The number of hydrogen-bond acceptors (Lipinski definition) is 4. The van der Waals surface area contributed by atoms with Gasteiger partial charge in [0.25, 0.3) is 11.7 Å². The largest absolute Gasteiger partial charge is 0.464 e. The fraction of sp³-hybridized carbons (Fsp3) is 0.235. The van der Waals surface area contributed by atoms with Crippen LogP contribution < -0.4 is 15.6 Å². The van der Waals surface area contributed by atoms with Gasteiger partial charge in [-0.1, -0.05) is 17.7 Å². The van der Waals surface area contributed by atoms with Crippen LogP contribution in [0.25, 0.3) is 0 Å². The van der Waals surface area contributed by atoms with Crippen LogP contribution in [0.1, 0.15) is 16.1 Å². The SMILES string of the molecule is COC(=O)[C@@](NC(=O)c1ccc(Cl)cc1)(Nc1cccc(C)[nH+]1)C(F)(F)F. The van der Waals surface area contributed by atoms with Gasteiger partial charge in [-0.2, -0.15) is 13.2 Å². The summed E-state index contributed by atoms with van der Waals surface area (Å²) >= 11 is 5.71. The smallest absolute Gasteiger partial charge is 0.464 e. The van der Waals surface area contributed by atoms with Crippen LogP contribution in [-0.4, -0.2) is 30.8 Å². The molecule has 10 heteroatoms. The highest BCUT2D eigenvalue weighted by molar-refractivity contribution is 6.30. The van der Waals surface area contributed by atoms with Gasteiger partial charge in [-0.3, -0.25) is 10.1 Å². The maximum absolute atomic E-state index is 13.9. The van der Waals surface area contributed by atoms with Crippen molar-refractivity contribution in [3.8, 4) is 0 Å². The van der Waals surface area contributed by atoms with Crippen molar-refractivity contribution in [2.24, 2.45) is 0 Å². The lowest BCUT2D eigenvalue weighted by molar-refractivity contribution is -0.372. The summed E-state index contributed by atoms with van der Waals surface area (Å²) in [4.78, 5) is 27.2. The van der Waals surface area contributed by atoms with Crippen LogP contribution in [-0.2, 0) is 9.53 Å². The summed E-state index contributed by atoms with van der Waals surface area (Å²) < 4.78 is 46.1. The molecule has 0 aliphatic heterocycles. The highest BCUT2D eigenvalue weighted by Crippen LogP contribution is 2.32. The summed E-state index contributed by atoms with van der Waals surface area (Å²) in [7, 11) is 0.791. The van der Waals surface area contributed by atoms with Gasteiger partial charge in [0.1, 0.15) is 0 Å². The monoisotopic (exact) mass is 402 g/mol. The van der Waals surface area contributed by atoms with Crippen LogP contribution in [0.3, 0.4) is 0 Å². The topological polar surface area (TPSA) is 81.6 Å². The number of H-pyrrole nitrogens is 1. The van der Waals surface area contributed by atoms with Crippen molar-refractivity contribution in [1.29, 1.82) is 0 Å². The van der Waals surface area contributed by atoms with Gasteiger partial charge in [0.2, 0.25) is 0 Å². The molecule has 1 aromatic carbocycles. The van der Waals surface area contributed by atoms with Gasteiger partial charge in [-0.15, -0.1) is 0 Å². The zero-order valence-corrected chi connectivity index (χ0v) is 15.0. The molecule has 1 aromatic heterocycles. The van der Waals surface area contributed by atoms with Crippen LogP contribution in [0.5, 0.6) is 0 Å². The first-order chi connectivity index (χ1) is 12.6. The van der Waals surface area contributed by atoms with E-state index in [0.29, 0.717) is 10.7 Å². The van der Waals surface area contributed by atoms with E-state index < -0.39 is 23.7 Å². The Morgan fingerprint density at radius 3 is 2.26 bits per heavy atom. The normalized spacial score (nSPS) is 13.4. The molecule has 0 unspecified atom stereocenters. The summed E-state index contributed by atoms with van der Waals surface area (Å²) in [5, 5.41) is 4.04. The second-order valence-electron chi connectivity index (χ2n) is 5.57. The number of halogens is 4. The number of carbonyl (C=O) groups excluding carboxylic acids is 2. The van der Waals surface area contributed by atoms with E-state index >= 15 is 0 Å². The number of methoxy groups -OCH3 is 1. The Morgan fingerprint density at radius 2 is 1.74 bits per heavy atom. The van der Waals surface area contributed by atoms with Crippen LogP contribution in [0, 0.1) is 6.92 Å². The highest BCUT2D eigenvalue weighted by Gasteiger charge is 2.67. The van der Waals surface area contributed by atoms with Crippen LogP contribution in [0.2, 0.25) is 5.02 Å². The first-order valence-corrected chi connectivity index (χ1v) is 7.97. The standard InChI is InChI=1S/C17H15ClF3N3O3/c1-10-4-3-5-13(22-10)23-16(15(26)27-2,17(19,20)21)24-14(25)11-6-8-12(18)9-7-11/h3-9H,1-2H3,(H,22,23)(H,24,25)/p+1/t16-/m0/s1. The van der Waals surface area contributed by atoms with E-state index in [9.17, 15) is 22.8 Å². The molecule has 0 saturated carbocycles. The third-order valence-corrected chi connectivity index (χ3v) is 3.84. The Hall–Kier alpha value is -2.81.